The van der Waals surface area contributed by atoms with Crippen molar-refractivity contribution in [1.29, 1.82) is 0 Å². The second kappa shape index (κ2) is 6.11. The molecule has 2 rings (SSSR count). The monoisotopic (exact) mass is 310 g/mol. The molecule has 0 atom stereocenters. The Morgan fingerprint density at radius 2 is 2.00 bits per heavy atom. The molecule has 0 aliphatic carbocycles. The summed E-state index contributed by atoms with van der Waals surface area (Å²) < 4.78 is 41.2. The predicted molar refractivity (Wildman–Crippen MR) is 78.1 cm³/mol. The number of benzene rings is 2. The maximum Gasteiger partial charge on any atom is 0.238 e. The van der Waals surface area contributed by atoms with Gasteiger partial charge in [0.2, 0.25) is 10.0 Å². The van der Waals surface area contributed by atoms with Crippen molar-refractivity contribution in [2.45, 2.75) is 11.4 Å². The highest BCUT2D eigenvalue weighted by Gasteiger charge is 2.11. The molecule has 2 aromatic carbocycles. The number of sulfonamides is 1. The van der Waals surface area contributed by atoms with Gasteiger partial charge in [0.1, 0.15) is 11.6 Å². The third kappa shape index (κ3) is 3.93. The van der Waals surface area contributed by atoms with Gasteiger partial charge >= 0.3 is 0 Å². The number of halogens is 1. The first-order valence-corrected chi connectivity index (χ1v) is 7.64. The van der Waals surface area contributed by atoms with Crippen LogP contribution in [0.4, 0.5) is 10.1 Å². The summed E-state index contributed by atoms with van der Waals surface area (Å²) >= 11 is 0. The van der Waals surface area contributed by atoms with Crippen LogP contribution in [0.2, 0.25) is 0 Å². The average molecular weight is 310 g/mol. The van der Waals surface area contributed by atoms with Gasteiger partial charge in [-0.05, 0) is 35.9 Å². The molecule has 0 bridgehead atoms. The molecule has 0 radical (unpaired) electrons. The van der Waals surface area contributed by atoms with Gasteiger partial charge in [-0.1, -0.05) is 12.1 Å². The molecule has 0 spiro atoms. The average Bonchev–Trinajstić information content (AvgIpc) is 2.45. The van der Waals surface area contributed by atoms with E-state index in [4.69, 9.17) is 9.88 Å². The topological polar surface area (TPSA) is 81.4 Å². The minimum Gasteiger partial charge on any atom is -0.497 e. The first kappa shape index (κ1) is 15.3. The third-order valence-electron chi connectivity index (χ3n) is 2.89. The van der Waals surface area contributed by atoms with Gasteiger partial charge in [-0.2, -0.15) is 0 Å². The van der Waals surface area contributed by atoms with Crippen LogP contribution >= 0.6 is 0 Å². The number of rotatable bonds is 5. The highest BCUT2D eigenvalue weighted by atomic mass is 32.2. The Kier molecular flexibility index (Phi) is 4.44. The summed E-state index contributed by atoms with van der Waals surface area (Å²) in [5.41, 5.74) is 1.11. The number of ether oxygens (including phenoxy) is 1. The molecule has 0 amide bonds. The summed E-state index contributed by atoms with van der Waals surface area (Å²) in [5, 5.41) is 7.84. The lowest BCUT2D eigenvalue weighted by molar-refractivity contribution is 0.414. The minimum absolute atomic E-state index is 0.199. The highest BCUT2D eigenvalue weighted by Crippen LogP contribution is 2.20. The molecule has 0 unspecified atom stereocenters. The first-order valence-electron chi connectivity index (χ1n) is 6.09. The van der Waals surface area contributed by atoms with Crippen molar-refractivity contribution in [3.63, 3.8) is 0 Å². The van der Waals surface area contributed by atoms with Gasteiger partial charge < -0.3 is 10.1 Å². The second-order valence-corrected chi connectivity index (χ2v) is 5.95. The molecule has 0 aliphatic heterocycles. The van der Waals surface area contributed by atoms with E-state index in [9.17, 15) is 12.8 Å². The van der Waals surface area contributed by atoms with Gasteiger partial charge in [-0.3, -0.25) is 0 Å². The first-order chi connectivity index (χ1) is 9.90. The summed E-state index contributed by atoms with van der Waals surface area (Å²) in [6.45, 7) is 0.378. The Bertz CT molecular complexity index is 748. The lowest BCUT2D eigenvalue weighted by atomic mass is 10.2. The SMILES string of the molecule is COc1cccc(CNc2ccc(S(N)(=O)=O)cc2F)c1. The molecule has 0 saturated carbocycles. The Hall–Kier alpha value is -2.12. The summed E-state index contributed by atoms with van der Waals surface area (Å²) in [6.07, 6.45) is 0. The number of primary sulfonamides is 1. The van der Waals surface area contributed by atoms with Gasteiger partial charge in [0.05, 0.1) is 17.7 Å². The van der Waals surface area contributed by atoms with Crippen LogP contribution in [0.3, 0.4) is 0 Å². The fourth-order valence-electron chi connectivity index (χ4n) is 1.80. The van der Waals surface area contributed by atoms with Crippen molar-refractivity contribution >= 4 is 15.7 Å². The van der Waals surface area contributed by atoms with Gasteiger partial charge in [0.15, 0.2) is 0 Å². The maximum absolute atomic E-state index is 13.8. The van der Waals surface area contributed by atoms with Crippen LogP contribution in [-0.4, -0.2) is 15.5 Å². The smallest absolute Gasteiger partial charge is 0.238 e. The molecule has 3 N–H and O–H groups in total. The molecule has 0 fully saturated rings. The molecule has 2 aromatic rings. The fraction of sp³-hybridized carbons (Fsp3) is 0.143. The van der Waals surface area contributed by atoms with Crippen LogP contribution in [0.25, 0.3) is 0 Å². The van der Waals surface area contributed by atoms with Crippen LogP contribution in [0.15, 0.2) is 47.4 Å². The van der Waals surface area contributed by atoms with E-state index in [0.29, 0.717) is 12.3 Å². The molecule has 0 aliphatic rings. The molecular formula is C14H15FN2O3S. The quantitative estimate of drug-likeness (QED) is 0.886. The standard InChI is InChI=1S/C14H15FN2O3S/c1-20-11-4-2-3-10(7-11)9-17-14-6-5-12(8-13(14)15)21(16,18)19/h2-8,17H,9H2,1H3,(H2,16,18,19). The zero-order valence-corrected chi connectivity index (χ0v) is 12.2. The largest absolute Gasteiger partial charge is 0.497 e. The highest BCUT2D eigenvalue weighted by molar-refractivity contribution is 7.89. The normalized spacial score (nSPS) is 11.2. The number of methoxy groups -OCH3 is 1. The third-order valence-corrected chi connectivity index (χ3v) is 3.80. The van der Waals surface area contributed by atoms with E-state index < -0.39 is 15.8 Å². The van der Waals surface area contributed by atoms with Crippen LogP contribution in [-0.2, 0) is 16.6 Å². The summed E-state index contributed by atoms with van der Waals surface area (Å²) in [4.78, 5) is -0.257. The molecule has 7 heteroatoms. The molecule has 21 heavy (non-hydrogen) atoms. The summed E-state index contributed by atoms with van der Waals surface area (Å²) in [6, 6.07) is 10.8. The molecule has 0 saturated heterocycles. The molecule has 0 heterocycles. The fourth-order valence-corrected chi connectivity index (χ4v) is 2.32. The Labute approximate surface area is 122 Å². The van der Waals surface area contributed by atoms with E-state index in [0.717, 1.165) is 11.6 Å². The number of nitrogens with one attached hydrogen (secondary N) is 1. The van der Waals surface area contributed by atoms with E-state index in [2.05, 4.69) is 5.32 Å². The lowest BCUT2D eigenvalue weighted by Crippen LogP contribution is -2.12. The molecule has 0 aromatic heterocycles. The Balaban J connectivity index is 2.13. The van der Waals surface area contributed by atoms with E-state index in [1.54, 1.807) is 7.11 Å². The Morgan fingerprint density at radius 3 is 2.62 bits per heavy atom. The summed E-state index contributed by atoms with van der Waals surface area (Å²) in [7, 11) is -2.33. The van der Waals surface area contributed by atoms with Crippen LogP contribution in [0.5, 0.6) is 5.75 Å². The number of anilines is 1. The van der Waals surface area contributed by atoms with Crippen molar-refractivity contribution in [1.82, 2.24) is 0 Å². The number of hydrogen-bond donors (Lipinski definition) is 2. The zero-order valence-electron chi connectivity index (χ0n) is 11.3. The van der Waals surface area contributed by atoms with Crippen LogP contribution in [0.1, 0.15) is 5.56 Å². The van der Waals surface area contributed by atoms with Crippen LogP contribution < -0.4 is 15.2 Å². The van der Waals surface area contributed by atoms with Crippen molar-refractivity contribution in [3.8, 4) is 5.75 Å². The van der Waals surface area contributed by atoms with Gasteiger partial charge in [0.25, 0.3) is 0 Å². The van der Waals surface area contributed by atoms with Gasteiger partial charge in [-0.15, -0.1) is 0 Å². The summed E-state index contributed by atoms with van der Waals surface area (Å²) in [5.74, 6) is 0.0313. The minimum atomic E-state index is -3.90. The van der Waals surface area contributed by atoms with Crippen molar-refractivity contribution in [2.75, 3.05) is 12.4 Å². The van der Waals surface area contributed by atoms with Crippen molar-refractivity contribution in [3.05, 3.63) is 53.8 Å². The van der Waals surface area contributed by atoms with Crippen molar-refractivity contribution < 1.29 is 17.5 Å². The van der Waals surface area contributed by atoms with Crippen LogP contribution in [0, 0.1) is 5.82 Å². The van der Waals surface area contributed by atoms with E-state index in [1.165, 1.54) is 12.1 Å². The van der Waals surface area contributed by atoms with E-state index in [1.807, 2.05) is 24.3 Å². The Morgan fingerprint density at radius 1 is 1.24 bits per heavy atom. The molecule has 112 valence electrons. The lowest BCUT2D eigenvalue weighted by Gasteiger charge is -2.09. The zero-order chi connectivity index (χ0) is 15.5. The van der Waals surface area contributed by atoms with E-state index in [-0.39, 0.29) is 10.6 Å². The molecule has 5 nitrogen and oxygen atoms in total. The van der Waals surface area contributed by atoms with Gasteiger partial charge in [0, 0.05) is 6.54 Å². The second-order valence-electron chi connectivity index (χ2n) is 4.39. The van der Waals surface area contributed by atoms with Gasteiger partial charge in [-0.25, -0.2) is 17.9 Å². The number of nitrogens with two attached hydrogens (primary N) is 1. The van der Waals surface area contributed by atoms with E-state index >= 15 is 0 Å². The predicted octanol–water partition coefficient (Wildman–Crippen LogP) is 2.09. The number of hydrogen-bond acceptors (Lipinski definition) is 4. The maximum atomic E-state index is 13.8. The van der Waals surface area contributed by atoms with Crippen molar-refractivity contribution in [2.24, 2.45) is 5.14 Å². The molecular weight excluding hydrogens is 295 g/mol.